The molecule has 0 N–H and O–H groups in total. The molecule has 0 atom stereocenters. The van der Waals surface area contributed by atoms with E-state index >= 15 is 0 Å². The number of rotatable bonds is 4. The highest BCUT2D eigenvalue weighted by Gasteiger charge is 2.40. The second-order valence-electron chi connectivity index (χ2n) is 10.7. The highest BCUT2D eigenvalue weighted by molar-refractivity contribution is 8.03. The topological polar surface area (TPSA) is 21.7 Å². The molecule has 42 heavy (non-hydrogen) atoms. The molecular formula is C37H26BNO2S. The average molecular weight is 559 g/mol. The minimum Gasteiger partial charge on any atom is -0.458 e. The van der Waals surface area contributed by atoms with Gasteiger partial charge < -0.3 is 14.4 Å². The molecule has 0 radical (unpaired) electrons. The molecule has 200 valence electrons. The summed E-state index contributed by atoms with van der Waals surface area (Å²) in [5, 5.41) is 0. The summed E-state index contributed by atoms with van der Waals surface area (Å²) >= 11 is 1.73. The van der Waals surface area contributed by atoms with E-state index in [2.05, 4.69) is 116 Å². The number of benzene rings is 5. The Kier molecular flexibility index (Phi) is 5.69. The third kappa shape index (κ3) is 3.70. The number of aryl methyl sites for hydroxylation is 1. The van der Waals surface area contributed by atoms with Gasteiger partial charge in [0, 0.05) is 21.0 Å². The van der Waals surface area contributed by atoms with Gasteiger partial charge in [-0.3, -0.25) is 0 Å². The van der Waals surface area contributed by atoms with E-state index < -0.39 is 0 Å². The lowest BCUT2D eigenvalue weighted by Gasteiger charge is -2.34. The Morgan fingerprint density at radius 2 is 1.31 bits per heavy atom. The van der Waals surface area contributed by atoms with E-state index in [0.717, 1.165) is 67.1 Å². The van der Waals surface area contributed by atoms with Gasteiger partial charge in [-0.05, 0) is 89.1 Å². The van der Waals surface area contributed by atoms with Crippen molar-refractivity contribution in [3.05, 3.63) is 145 Å². The maximum atomic E-state index is 6.53. The van der Waals surface area contributed by atoms with Gasteiger partial charge in [0.15, 0.2) is 0 Å². The number of para-hydroxylation sites is 3. The van der Waals surface area contributed by atoms with Crippen LogP contribution in [0.1, 0.15) is 5.56 Å². The van der Waals surface area contributed by atoms with E-state index in [0.29, 0.717) is 0 Å². The molecular weight excluding hydrogens is 533 g/mol. The van der Waals surface area contributed by atoms with Crippen LogP contribution in [0.25, 0.3) is 11.1 Å². The zero-order valence-corrected chi connectivity index (χ0v) is 23.9. The van der Waals surface area contributed by atoms with Crippen LogP contribution in [0.4, 0.5) is 11.4 Å². The Labute approximate surface area is 250 Å². The fourth-order valence-electron chi connectivity index (χ4n) is 6.38. The van der Waals surface area contributed by atoms with Crippen molar-refractivity contribution in [3.63, 3.8) is 0 Å². The normalized spacial score (nSPS) is 14.1. The molecule has 0 saturated carbocycles. The van der Waals surface area contributed by atoms with Crippen molar-refractivity contribution in [2.75, 3.05) is 4.90 Å². The molecule has 8 rings (SSSR count). The third-order valence-electron chi connectivity index (χ3n) is 8.26. The predicted molar refractivity (Wildman–Crippen MR) is 176 cm³/mol. The van der Waals surface area contributed by atoms with E-state index in [-0.39, 0.29) is 6.71 Å². The van der Waals surface area contributed by atoms with Crippen LogP contribution in [0.2, 0.25) is 0 Å². The molecule has 0 fully saturated rings. The predicted octanol–water partition coefficient (Wildman–Crippen LogP) is 8.22. The van der Waals surface area contributed by atoms with Crippen LogP contribution >= 0.6 is 11.8 Å². The van der Waals surface area contributed by atoms with E-state index in [4.69, 9.17) is 9.47 Å². The van der Waals surface area contributed by atoms with Gasteiger partial charge in [0.1, 0.15) is 23.0 Å². The van der Waals surface area contributed by atoms with Crippen molar-refractivity contribution >= 4 is 46.2 Å². The van der Waals surface area contributed by atoms with Gasteiger partial charge >= 0.3 is 0 Å². The summed E-state index contributed by atoms with van der Waals surface area (Å²) in [4.78, 5) is 4.57. The molecule has 0 bridgehead atoms. The van der Waals surface area contributed by atoms with E-state index in [1.54, 1.807) is 11.8 Å². The summed E-state index contributed by atoms with van der Waals surface area (Å²) < 4.78 is 13.1. The van der Waals surface area contributed by atoms with Crippen LogP contribution in [0.3, 0.4) is 0 Å². The molecule has 0 unspecified atom stereocenters. The van der Waals surface area contributed by atoms with Gasteiger partial charge in [-0.25, -0.2) is 0 Å². The monoisotopic (exact) mass is 559 g/mol. The molecule has 0 spiro atoms. The highest BCUT2D eigenvalue weighted by Crippen LogP contribution is 2.48. The molecule has 0 aliphatic carbocycles. The molecule has 0 amide bonds. The fraction of sp³-hybridized carbons (Fsp3) is 0.0270. The summed E-state index contributed by atoms with van der Waals surface area (Å²) in [6.45, 7) is 10.4. The summed E-state index contributed by atoms with van der Waals surface area (Å²) in [5.74, 6) is 3.48. The molecule has 3 nitrogen and oxygen atoms in total. The number of thioether (sulfide) groups is 1. The lowest BCUT2D eigenvalue weighted by molar-refractivity contribution is 0.465. The largest absolute Gasteiger partial charge is 0.458 e. The maximum Gasteiger partial charge on any atom is 0.260 e. The summed E-state index contributed by atoms with van der Waals surface area (Å²) in [6.07, 6.45) is 3.83. The Balaban J connectivity index is 1.25. The second kappa shape index (κ2) is 9.61. The number of allylic oxidation sites excluding steroid dienone is 2. The number of nitrogens with zero attached hydrogens (tertiary/aromatic N) is 1. The quantitative estimate of drug-likeness (QED) is 0.203. The number of anilines is 2. The van der Waals surface area contributed by atoms with Crippen LogP contribution in [0.15, 0.2) is 144 Å². The van der Waals surface area contributed by atoms with E-state index in [1.165, 1.54) is 15.8 Å². The van der Waals surface area contributed by atoms with Crippen LogP contribution in [0, 0.1) is 6.92 Å². The third-order valence-corrected chi connectivity index (χ3v) is 9.42. The van der Waals surface area contributed by atoms with Crippen LogP contribution < -0.4 is 30.8 Å². The standard InChI is InChI=1S/C37H26BNO2S/c1-4-28-35(5-2)42-36-17-11-8-14-30(36)39(28)29-19-18-24(20-23(29)3)25-21-33-37-34(22-25)41-32-16-10-7-13-27(32)38(37)26-12-6-9-15-31(26)40-33/h4-22H,1-2H2,3H3. The fourth-order valence-corrected chi connectivity index (χ4v) is 7.39. The smallest absolute Gasteiger partial charge is 0.260 e. The molecule has 0 aromatic heterocycles. The molecule has 5 heteroatoms. The van der Waals surface area contributed by atoms with Gasteiger partial charge in [0.05, 0.1) is 11.4 Å². The molecule has 5 aromatic rings. The Bertz CT molecular complexity index is 1920. The first-order valence-corrected chi connectivity index (χ1v) is 14.8. The first-order chi connectivity index (χ1) is 20.6. The molecule has 3 heterocycles. The maximum absolute atomic E-state index is 6.53. The van der Waals surface area contributed by atoms with Crippen molar-refractivity contribution in [2.45, 2.75) is 11.8 Å². The van der Waals surface area contributed by atoms with Gasteiger partial charge in [-0.15, -0.1) is 0 Å². The number of hydrogen-bond donors (Lipinski definition) is 0. The molecule has 0 saturated heterocycles. The lowest BCUT2D eigenvalue weighted by atomic mass is 9.35. The van der Waals surface area contributed by atoms with Crippen molar-refractivity contribution in [1.29, 1.82) is 0 Å². The van der Waals surface area contributed by atoms with Crippen LogP contribution in [-0.4, -0.2) is 6.71 Å². The second-order valence-corrected chi connectivity index (χ2v) is 11.7. The number of ether oxygens (including phenoxy) is 2. The molecule has 5 aromatic carbocycles. The zero-order valence-electron chi connectivity index (χ0n) is 23.1. The number of fused-ring (bicyclic) bond motifs is 5. The molecule has 3 aliphatic heterocycles. The minimum atomic E-state index is 0.0725. The van der Waals surface area contributed by atoms with E-state index in [9.17, 15) is 0 Å². The first-order valence-electron chi connectivity index (χ1n) is 14.0. The Morgan fingerprint density at radius 1 is 0.667 bits per heavy atom. The number of hydrogen-bond acceptors (Lipinski definition) is 4. The Hall–Kier alpha value is -4.87. The Morgan fingerprint density at radius 3 is 1.95 bits per heavy atom. The van der Waals surface area contributed by atoms with E-state index in [1.807, 2.05) is 24.3 Å². The van der Waals surface area contributed by atoms with Crippen LogP contribution in [-0.2, 0) is 0 Å². The van der Waals surface area contributed by atoms with Crippen molar-refractivity contribution in [2.24, 2.45) is 0 Å². The van der Waals surface area contributed by atoms with Crippen molar-refractivity contribution in [3.8, 4) is 34.1 Å². The van der Waals surface area contributed by atoms with Gasteiger partial charge in [0.25, 0.3) is 6.71 Å². The average Bonchev–Trinajstić information content (AvgIpc) is 3.03. The van der Waals surface area contributed by atoms with Crippen molar-refractivity contribution < 1.29 is 9.47 Å². The summed E-state index contributed by atoms with van der Waals surface area (Å²) in [6, 6.07) is 36.1. The first kappa shape index (κ1) is 24.9. The lowest BCUT2D eigenvalue weighted by Crippen LogP contribution is -2.57. The molecule has 3 aliphatic rings. The van der Waals surface area contributed by atoms with Gasteiger partial charge in [0.2, 0.25) is 0 Å². The van der Waals surface area contributed by atoms with Gasteiger partial charge in [-0.2, -0.15) is 0 Å². The van der Waals surface area contributed by atoms with Crippen LogP contribution in [0.5, 0.6) is 23.0 Å². The highest BCUT2D eigenvalue weighted by atomic mass is 32.2. The summed E-state index contributed by atoms with van der Waals surface area (Å²) in [7, 11) is 0. The zero-order chi connectivity index (χ0) is 28.4. The SMILES string of the molecule is C=CC1=C(C=C)N(c2ccc(-c3cc4c5c(c3)Oc3ccccc3B5c3ccccc3O4)cc2C)c2ccccc2S1. The minimum absolute atomic E-state index is 0.0725. The van der Waals surface area contributed by atoms with Crippen molar-refractivity contribution in [1.82, 2.24) is 0 Å². The van der Waals surface area contributed by atoms with Gasteiger partial charge in [-0.1, -0.05) is 85.6 Å². The summed E-state index contributed by atoms with van der Waals surface area (Å²) in [5.41, 5.74) is 10.0.